The summed E-state index contributed by atoms with van der Waals surface area (Å²) in [5.41, 5.74) is 0.631. The molecule has 0 aliphatic carbocycles. The van der Waals surface area contributed by atoms with Crippen LogP contribution in [0.5, 0.6) is 5.75 Å². The van der Waals surface area contributed by atoms with Crippen LogP contribution < -0.4 is 4.74 Å². The molecule has 1 amide bonds. The normalized spacial score (nSPS) is 15.2. The van der Waals surface area contributed by atoms with Crippen LogP contribution in [0, 0.1) is 11.7 Å². The van der Waals surface area contributed by atoms with Gasteiger partial charge in [0.2, 0.25) is 0 Å². The van der Waals surface area contributed by atoms with Crippen molar-refractivity contribution in [3.8, 4) is 17.1 Å². The minimum atomic E-state index is -0.483. The molecule has 30 heavy (non-hydrogen) atoms. The number of piperidine rings is 1. The SMILES string of the molecule is CC(C)(C)OC(=O)N1CCC(COc2cnc(-c3ccc(F)c(CCl)c3)nc2)CC1. The second-order valence-electron chi connectivity index (χ2n) is 8.40. The van der Waals surface area contributed by atoms with Crippen molar-refractivity contribution in [2.75, 3.05) is 19.7 Å². The van der Waals surface area contributed by atoms with E-state index in [1.54, 1.807) is 29.4 Å². The number of hydrogen-bond acceptors (Lipinski definition) is 5. The lowest BCUT2D eigenvalue weighted by Crippen LogP contribution is -2.42. The number of ether oxygens (including phenoxy) is 2. The fourth-order valence-electron chi connectivity index (χ4n) is 3.18. The fraction of sp³-hybridized carbons (Fsp3) is 0.500. The summed E-state index contributed by atoms with van der Waals surface area (Å²) in [4.78, 5) is 22.5. The number of rotatable bonds is 5. The maximum Gasteiger partial charge on any atom is 0.410 e. The quantitative estimate of drug-likeness (QED) is 0.615. The Morgan fingerprint density at radius 2 is 1.90 bits per heavy atom. The topological polar surface area (TPSA) is 64.5 Å². The molecule has 0 atom stereocenters. The molecule has 2 heterocycles. The highest BCUT2D eigenvalue weighted by molar-refractivity contribution is 6.17. The van der Waals surface area contributed by atoms with Gasteiger partial charge in [-0.1, -0.05) is 0 Å². The van der Waals surface area contributed by atoms with Crippen LogP contribution in [-0.4, -0.2) is 46.3 Å². The third kappa shape index (κ3) is 6.05. The van der Waals surface area contributed by atoms with Gasteiger partial charge in [-0.3, -0.25) is 0 Å². The lowest BCUT2D eigenvalue weighted by molar-refractivity contribution is 0.0165. The molecule has 6 nitrogen and oxygen atoms in total. The smallest absolute Gasteiger partial charge is 0.410 e. The van der Waals surface area contributed by atoms with Crippen molar-refractivity contribution in [3.05, 3.63) is 42.0 Å². The van der Waals surface area contributed by atoms with Gasteiger partial charge in [0.1, 0.15) is 11.4 Å². The van der Waals surface area contributed by atoms with Gasteiger partial charge in [-0.2, -0.15) is 0 Å². The Bertz CT molecular complexity index is 863. The Morgan fingerprint density at radius 3 is 2.50 bits per heavy atom. The van der Waals surface area contributed by atoms with Crippen molar-refractivity contribution in [1.82, 2.24) is 14.9 Å². The molecular formula is C22H27ClFN3O3. The minimum absolute atomic E-state index is 0.0909. The Balaban J connectivity index is 1.49. The number of amides is 1. The summed E-state index contributed by atoms with van der Waals surface area (Å²) < 4.78 is 24.9. The maximum absolute atomic E-state index is 13.6. The third-order valence-electron chi connectivity index (χ3n) is 4.83. The van der Waals surface area contributed by atoms with E-state index in [1.807, 2.05) is 20.8 Å². The molecule has 1 saturated heterocycles. The standard InChI is InChI=1S/C22H27ClFN3O3/c1-22(2,3)30-21(28)27-8-6-15(7-9-27)14-29-18-12-25-20(26-13-18)16-4-5-19(24)17(10-16)11-23/h4-5,10,12-13,15H,6-9,11,14H2,1-3H3. The first-order valence-electron chi connectivity index (χ1n) is 10.0. The van der Waals surface area contributed by atoms with Crippen molar-refractivity contribution in [2.45, 2.75) is 45.1 Å². The van der Waals surface area contributed by atoms with Crippen LogP contribution in [0.3, 0.4) is 0 Å². The zero-order valence-electron chi connectivity index (χ0n) is 17.5. The van der Waals surface area contributed by atoms with Crippen LogP contribution in [0.15, 0.2) is 30.6 Å². The molecule has 1 fully saturated rings. The monoisotopic (exact) mass is 435 g/mol. The zero-order valence-corrected chi connectivity index (χ0v) is 18.3. The number of benzene rings is 1. The molecule has 3 rings (SSSR count). The molecular weight excluding hydrogens is 409 g/mol. The Hall–Kier alpha value is -2.41. The van der Waals surface area contributed by atoms with E-state index in [9.17, 15) is 9.18 Å². The highest BCUT2D eigenvalue weighted by atomic mass is 35.5. The van der Waals surface area contributed by atoms with E-state index in [0.29, 0.717) is 48.3 Å². The highest BCUT2D eigenvalue weighted by Gasteiger charge is 2.27. The molecule has 1 aliphatic heterocycles. The second kappa shape index (κ2) is 9.60. The number of alkyl halides is 1. The number of carbonyl (C=O) groups is 1. The summed E-state index contributed by atoms with van der Waals surface area (Å²) in [6.07, 6.45) is 4.68. The summed E-state index contributed by atoms with van der Waals surface area (Å²) in [7, 11) is 0. The van der Waals surface area contributed by atoms with Crippen LogP contribution >= 0.6 is 11.6 Å². The van der Waals surface area contributed by atoms with Crippen LogP contribution in [-0.2, 0) is 10.6 Å². The second-order valence-corrected chi connectivity index (χ2v) is 8.67. The van der Waals surface area contributed by atoms with Gasteiger partial charge in [0, 0.05) is 24.2 Å². The minimum Gasteiger partial charge on any atom is -0.490 e. The predicted octanol–water partition coefficient (Wildman–Crippen LogP) is 5.05. The number of halogens is 2. The van der Waals surface area contributed by atoms with Gasteiger partial charge in [0.05, 0.1) is 24.9 Å². The average molecular weight is 436 g/mol. The number of hydrogen-bond donors (Lipinski definition) is 0. The van der Waals surface area contributed by atoms with E-state index in [-0.39, 0.29) is 17.8 Å². The summed E-state index contributed by atoms with van der Waals surface area (Å²) in [5.74, 6) is 1.17. The Labute approximate surface area is 181 Å². The van der Waals surface area contributed by atoms with Gasteiger partial charge in [-0.05, 0) is 57.7 Å². The molecule has 1 aromatic carbocycles. The lowest BCUT2D eigenvalue weighted by atomic mass is 9.98. The van der Waals surface area contributed by atoms with Crippen molar-refractivity contribution >= 4 is 17.7 Å². The maximum atomic E-state index is 13.6. The summed E-state index contributed by atoms with van der Waals surface area (Å²) >= 11 is 5.76. The van der Waals surface area contributed by atoms with Crippen molar-refractivity contribution in [1.29, 1.82) is 0 Å². The largest absolute Gasteiger partial charge is 0.490 e. The van der Waals surface area contributed by atoms with E-state index in [0.717, 1.165) is 12.8 Å². The van der Waals surface area contributed by atoms with Gasteiger partial charge in [0.25, 0.3) is 0 Å². The van der Waals surface area contributed by atoms with Crippen LogP contribution in [0.25, 0.3) is 11.4 Å². The molecule has 0 spiro atoms. The van der Waals surface area contributed by atoms with Crippen molar-refractivity contribution < 1.29 is 18.7 Å². The molecule has 1 aliphatic rings. The molecule has 1 aromatic heterocycles. The molecule has 0 radical (unpaired) electrons. The number of likely N-dealkylation sites (tertiary alicyclic amines) is 1. The molecule has 8 heteroatoms. The van der Waals surface area contributed by atoms with Crippen LogP contribution in [0.2, 0.25) is 0 Å². The molecule has 0 bridgehead atoms. The first-order chi connectivity index (χ1) is 14.2. The Kier molecular flexibility index (Phi) is 7.13. The average Bonchev–Trinajstić information content (AvgIpc) is 2.72. The molecule has 0 unspecified atom stereocenters. The van der Waals surface area contributed by atoms with Crippen molar-refractivity contribution in [2.24, 2.45) is 5.92 Å². The van der Waals surface area contributed by atoms with E-state index in [1.165, 1.54) is 6.07 Å². The van der Waals surface area contributed by atoms with Gasteiger partial charge < -0.3 is 14.4 Å². The molecule has 0 N–H and O–H groups in total. The summed E-state index contributed by atoms with van der Waals surface area (Å²) in [6.45, 7) is 7.46. The van der Waals surface area contributed by atoms with Gasteiger partial charge >= 0.3 is 6.09 Å². The molecule has 2 aromatic rings. The Morgan fingerprint density at radius 1 is 1.23 bits per heavy atom. The van der Waals surface area contributed by atoms with Crippen LogP contribution in [0.1, 0.15) is 39.2 Å². The number of carbonyl (C=O) groups excluding carboxylic acids is 1. The van der Waals surface area contributed by atoms with Gasteiger partial charge in [0.15, 0.2) is 11.6 Å². The third-order valence-corrected chi connectivity index (χ3v) is 5.12. The predicted molar refractivity (Wildman–Crippen MR) is 113 cm³/mol. The first-order valence-corrected chi connectivity index (χ1v) is 10.6. The van der Waals surface area contributed by atoms with E-state index in [2.05, 4.69) is 9.97 Å². The van der Waals surface area contributed by atoms with E-state index >= 15 is 0 Å². The van der Waals surface area contributed by atoms with E-state index in [4.69, 9.17) is 21.1 Å². The van der Waals surface area contributed by atoms with E-state index < -0.39 is 5.60 Å². The zero-order chi connectivity index (χ0) is 21.7. The van der Waals surface area contributed by atoms with Gasteiger partial charge in [-0.25, -0.2) is 19.2 Å². The number of nitrogens with zero attached hydrogens (tertiary/aromatic N) is 3. The lowest BCUT2D eigenvalue weighted by Gasteiger charge is -2.33. The van der Waals surface area contributed by atoms with Crippen LogP contribution in [0.4, 0.5) is 9.18 Å². The summed E-state index contributed by atoms with van der Waals surface area (Å²) in [5, 5.41) is 0. The van der Waals surface area contributed by atoms with Gasteiger partial charge in [-0.15, -0.1) is 11.6 Å². The molecule has 162 valence electrons. The number of aromatic nitrogens is 2. The van der Waals surface area contributed by atoms with Crippen molar-refractivity contribution in [3.63, 3.8) is 0 Å². The molecule has 0 saturated carbocycles. The first kappa shape index (κ1) is 22.3. The summed E-state index contributed by atoms with van der Waals surface area (Å²) in [6, 6.07) is 4.64. The fourth-order valence-corrected chi connectivity index (χ4v) is 3.38. The highest BCUT2D eigenvalue weighted by Crippen LogP contribution is 2.23.